The van der Waals surface area contributed by atoms with Gasteiger partial charge in [0.1, 0.15) is 19.0 Å². The molecule has 1 aliphatic heterocycles. The largest absolute Gasteiger partial charge is 0.486 e. The summed E-state index contributed by atoms with van der Waals surface area (Å²) in [5.74, 6) is 2.59. The van der Waals surface area contributed by atoms with E-state index < -0.39 is 0 Å². The maximum atomic E-state index is 5.59. The fraction of sp³-hybridized carbons (Fsp3) is 0.333. The van der Waals surface area contributed by atoms with Gasteiger partial charge in [0.05, 0.1) is 12.8 Å². The summed E-state index contributed by atoms with van der Waals surface area (Å²) in [6.07, 6.45) is 1.69. The highest BCUT2D eigenvalue weighted by molar-refractivity contribution is 5.44. The van der Waals surface area contributed by atoms with Gasteiger partial charge in [0.2, 0.25) is 0 Å². The predicted octanol–water partition coefficient (Wildman–Crippen LogP) is 2.90. The van der Waals surface area contributed by atoms with E-state index in [4.69, 9.17) is 13.9 Å². The SMILES string of the molecule is CC(NCc1ccco1)c1ccc2c(c1)OCCO2. The molecule has 4 nitrogen and oxygen atoms in total. The van der Waals surface area contributed by atoms with Crippen LogP contribution in [0.2, 0.25) is 0 Å². The van der Waals surface area contributed by atoms with Crippen LogP contribution in [-0.2, 0) is 6.54 Å². The van der Waals surface area contributed by atoms with E-state index in [9.17, 15) is 0 Å². The third-order valence-corrected chi connectivity index (χ3v) is 3.23. The summed E-state index contributed by atoms with van der Waals surface area (Å²) in [6, 6.07) is 10.1. The first-order valence-corrected chi connectivity index (χ1v) is 6.48. The zero-order chi connectivity index (χ0) is 13.1. The van der Waals surface area contributed by atoms with Crippen molar-refractivity contribution in [3.8, 4) is 11.5 Å². The summed E-state index contributed by atoms with van der Waals surface area (Å²) in [4.78, 5) is 0. The van der Waals surface area contributed by atoms with Gasteiger partial charge >= 0.3 is 0 Å². The van der Waals surface area contributed by atoms with Gasteiger partial charge in [-0.25, -0.2) is 0 Å². The Labute approximate surface area is 112 Å². The number of ether oxygens (including phenoxy) is 2. The van der Waals surface area contributed by atoms with Gasteiger partial charge in [0, 0.05) is 6.04 Å². The number of hydrogen-bond donors (Lipinski definition) is 1. The van der Waals surface area contributed by atoms with Crippen LogP contribution < -0.4 is 14.8 Å². The normalized spacial score (nSPS) is 15.2. The second-order valence-corrected chi connectivity index (χ2v) is 4.59. The van der Waals surface area contributed by atoms with Crippen LogP contribution in [0.1, 0.15) is 24.3 Å². The second-order valence-electron chi connectivity index (χ2n) is 4.59. The molecular formula is C15H17NO3. The first kappa shape index (κ1) is 12.1. The second kappa shape index (κ2) is 5.36. The van der Waals surface area contributed by atoms with Crippen LogP contribution in [-0.4, -0.2) is 13.2 Å². The molecule has 2 aromatic rings. The zero-order valence-corrected chi connectivity index (χ0v) is 10.9. The maximum Gasteiger partial charge on any atom is 0.161 e. The Hall–Kier alpha value is -1.94. The predicted molar refractivity (Wildman–Crippen MR) is 71.4 cm³/mol. The first-order chi connectivity index (χ1) is 9.33. The minimum absolute atomic E-state index is 0.223. The van der Waals surface area contributed by atoms with Gasteiger partial charge in [0.15, 0.2) is 11.5 Å². The zero-order valence-electron chi connectivity index (χ0n) is 10.9. The molecule has 1 aliphatic rings. The van der Waals surface area contributed by atoms with Gasteiger partial charge in [-0.15, -0.1) is 0 Å². The number of rotatable bonds is 4. The minimum atomic E-state index is 0.223. The van der Waals surface area contributed by atoms with Crippen LogP contribution in [0.25, 0.3) is 0 Å². The third kappa shape index (κ3) is 2.74. The van der Waals surface area contributed by atoms with Crippen molar-refractivity contribution >= 4 is 0 Å². The standard InChI is InChI=1S/C15H17NO3/c1-11(16-10-13-3-2-6-17-13)12-4-5-14-15(9-12)19-8-7-18-14/h2-6,9,11,16H,7-8,10H2,1H3. The van der Waals surface area contributed by atoms with Crippen LogP contribution in [0.3, 0.4) is 0 Å². The van der Waals surface area contributed by atoms with E-state index in [-0.39, 0.29) is 6.04 Å². The Morgan fingerprint density at radius 3 is 2.79 bits per heavy atom. The van der Waals surface area contributed by atoms with Crippen molar-refractivity contribution in [2.75, 3.05) is 13.2 Å². The molecule has 100 valence electrons. The average molecular weight is 259 g/mol. The Morgan fingerprint density at radius 1 is 1.16 bits per heavy atom. The number of hydrogen-bond acceptors (Lipinski definition) is 4. The molecule has 2 heterocycles. The topological polar surface area (TPSA) is 43.6 Å². The summed E-state index contributed by atoms with van der Waals surface area (Å²) in [5.41, 5.74) is 1.18. The van der Waals surface area contributed by atoms with Gasteiger partial charge in [-0.1, -0.05) is 6.07 Å². The summed E-state index contributed by atoms with van der Waals surface area (Å²) in [6.45, 7) is 4.07. The molecule has 3 rings (SSSR count). The average Bonchev–Trinajstić information content (AvgIpc) is 2.97. The Balaban J connectivity index is 1.67. The molecule has 0 spiro atoms. The molecule has 0 saturated carbocycles. The molecule has 1 unspecified atom stereocenters. The highest BCUT2D eigenvalue weighted by Gasteiger charge is 2.14. The van der Waals surface area contributed by atoms with E-state index in [1.807, 2.05) is 24.3 Å². The van der Waals surface area contributed by atoms with Crippen molar-refractivity contribution in [3.05, 3.63) is 47.9 Å². The number of furan rings is 1. The lowest BCUT2D eigenvalue weighted by atomic mass is 10.1. The van der Waals surface area contributed by atoms with Crippen LogP contribution in [0.15, 0.2) is 41.0 Å². The molecule has 1 atom stereocenters. The summed E-state index contributed by atoms with van der Waals surface area (Å²) >= 11 is 0. The summed E-state index contributed by atoms with van der Waals surface area (Å²) in [7, 11) is 0. The Kier molecular flexibility index (Phi) is 3.42. The van der Waals surface area contributed by atoms with Crippen molar-refractivity contribution in [1.29, 1.82) is 0 Å². The van der Waals surface area contributed by atoms with Gasteiger partial charge in [-0.2, -0.15) is 0 Å². The highest BCUT2D eigenvalue weighted by atomic mass is 16.6. The molecule has 1 aromatic carbocycles. The molecule has 0 amide bonds. The number of fused-ring (bicyclic) bond motifs is 1. The smallest absolute Gasteiger partial charge is 0.161 e. The van der Waals surface area contributed by atoms with Gasteiger partial charge in [-0.05, 0) is 36.8 Å². The van der Waals surface area contributed by atoms with E-state index >= 15 is 0 Å². The van der Waals surface area contributed by atoms with Crippen LogP contribution in [0, 0.1) is 0 Å². The molecule has 0 fully saturated rings. The van der Waals surface area contributed by atoms with Crippen LogP contribution in [0.4, 0.5) is 0 Å². The molecule has 0 aliphatic carbocycles. The molecule has 0 bridgehead atoms. The Morgan fingerprint density at radius 2 is 2.00 bits per heavy atom. The van der Waals surface area contributed by atoms with Crippen molar-refractivity contribution in [1.82, 2.24) is 5.32 Å². The van der Waals surface area contributed by atoms with Crippen molar-refractivity contribution in [2.24, 2.45) is 0 Å². The van der Waals surface area contributed by atoms with Crippen molar-refractivity contribution in [3.63, 3.8) is 0 Å². The summed E-state index contributed by atoms with van der Waals surface area (Å²) < 4.78 is 16.4. The van der Waals surface area contributed by atoms with Crippen molar-refractivity contribution < 1.29 is 13.9 Å². The maximum absolute atomic E-state index is 5.59. The fourth-order valence-corrected chi connectivity index (χ4v) is 2.11. The quantitative estimate of drug-likeness (QED) is 0.917. The highest BCUT2D eigenvalue weighted by Crippen LogP contribution is 2.32. The lowest BCUT2D eigenvalue weighted by Crippen LogP contribution is -2.19. The minimum Gasteiger partial charge on any atom is -0.486 e. The fourth-order valence-electron chi connectivity index (χ4n) is 2.11. The summed E-state index contributed by atoms with van der Waals surface area (Å²) in [5, 5.41) is 3.42. The van der Waals surface area contributed by atoms with Gasteiger partial charge < -0.3 is 19.2 Å². The molecular weight excluding hydrogens is 242 g/mol. The molecule has 1 aromatic heterocycles. The van der Waals surface area contributed by atoms with Crippen molar-refractivity contribution in [2.45, 2.75) is 19.5 Å². The first-order valence-electron chi connectivity index (χ1n) is 6.48. The van der Waals surface area contributed by atoms with E-state index in [1.165, 1.54) is 5.56 Å². The lowest BCUT2D eigenvalue weighted by molar-refractivity contribution is 0.171. The molecule has 19 heavy (non-hydrogen) atoms. The molecule has 1 N–H and O–H groups in total. The van der Waals surface area contributed by atoms with Crippen LogP contribution in [0.5, 0.6) is 11.5 Å². The molecule has 0 radical (unpaired) electrons. The molecule has 4 heteroatoms. The number of benzene rings is 1. The third-order valence-electron chi connectivity index (χ3n) is 3.23. The van der Waals surface area contributed by atoms with Gasteiger partial charge in [-0.3, -0.25) is 0 Å². The van der Waals surface area contributed by atoms with E-state index in [1.54, 1.807) is 6.26 Å². The van der Waals surface area contributed by atoms with Crippen LogP contribution >= 0.6 is 0 Å². The van der Waals surface area contributed by atoms with E-state index in [0.29, 0.717) is 19.8 Å². The molecule has 0 saturated heterocycles. The van der Waals surface area contributed by atoms with E-state index in [0.717, 1.165) is 17.3 Å². The lowest BCUT2D eigenvalue weighted by Gasteiger charge is -2.21. The monoisotopic (exact) mass is 259 g/mol. The number of nitrogens with one attached hydrogen (secondary N) is 1. The van der Waals surface area contributed by atoms with E-state index in [2.05, 4.69) is 18.3 Å². The Bertz CT molecular complexity index is 536. The van der Waals surface area contributed by atoms with Gasteiger partial charge in [0.25, 0.3) is 0 Å².